The molecule has 0 radical (unpaired) electrons. The van der Waals surface area contributed by atoms with Crippen molar-refractivity contribution < 1.29 is 9.53 Å². The number of hydrogen-bond acceptors (Lipinski definition) is 3. The topological polar surface area (TPSA) is 41.6 Å². The van der Waals surface area contributed by atoms with Crippen LogP contribution in [0.5, 0.6) is 5.75 Å². The van der Waals surface area contributed by atoms with E-state index in [4.69, 9.17) is 4.74 Å². The zero-order chi connectivity index (χ0) is 21.2. The average molecular weight is 401 g/mol. The largest absolute Gasteiger partial charge is 0.497 e. The summed E-state index contributed by atoms with van der Waals surface area (Å²) in [5, 5.41) is 3.09. The van der Waals surface area contributed by atoms with E-state index in [0.29, 0.717) is 13.1 Å². The van der Waals surface area contributed by atoms with Crippen molar-refractivity contribution in [1.29, 1.82) is 0 Å². The summed E-state index contributed by atoms with van der Waals surface area (Å²) in [6.07, 6.45) is 2.60. The van der Waals surface area contributed by atoms with E-state index in [1.807, 2.05) is 66.7 Å². The number of nitrogens with one attached hydrogen (secondary N) is 1. The van der Waals surface area contributed by atoms with Crippen LogP contribution in [0.4, 0.5) is 5.69 Å². The summed E-state index contributed by atoms with van der Waals surface area (Å²) in [4.78, 5) is 14.8. The van der Waals surface area contributed by atoms with Gasteiger partial charge in [0.25, 0.3) is 0 Å². The fourth-order valence-corrected chi connectivity index (χ4v) is 3.36. The highest BCUT2D eigenvalue weighted by molar-refractivity contribution is 5.93. The molecule has 4 nitrogen and oxygen atoms in total. The molecular weight excluding hydrogens is 372 g/mol. The fourth-order valence-electron chi connectivity index (χ4n) is 3.36. The molecule has 0 aromatic heterocycles. The monoisotopic (exact) mass is 400 g/mol. The lowest BCUT2D eigenvalue weighted by molar-refractivity contribution is -0.117. The molecule has 0 saturated heterocycles. The summed E-state index contributed by atoms with van der Waals surface area (Å²) >= 11 is 0. The predicted molar refractivity (Wildman–Crippen MR) is 123 cm³/mol. The Labute approximate surface area is 178 Å². The molecule has 3 aromatic rings. The minimum atomic E-state index is -0.0362. The number of nitrogens with zero attached hydrogens (tertiary/aromatic N) is 1. The third-order valence-electron chi connectivity index (χ3n) is 4.85. The molecule has 3 aromatic carbocycles. The first-order chi connectivity index (χ1) is 14.7. The van der Waals surface area contributed by atoms with Crippen molar-refractivity contribution in [3.8, 4) is 5.75 Å². The third kappa shape index (κ3) is 6.33. The minimum absolute atomic E-state index is 0.0362. The van der Waals surface area contributed by atoms with Gasteiger partial charge in [-0.2, -0.15) is 0 Å². The molecule has 0 heterocycles. The summed E-state index contributed by atoms with van der Waals surface area (Å²) < 4.78 is 5.21. The molecule has 0 spiro atoms. The Kier molecular flexibility index (Phi) is 7.81. The summed E-state index contributed by atoms with van der Waals surface area (Å²) in [5.41, 5.74) is 4.29. The number of hydrogen-bond donors (Lipinski definition) is 1. The van der Waals surface area contributed by atoms with Crippen molar-refractivity contribution >= 4 is 11.6 Å². The Morgan fingerprint density at radius 1 is 0.967 bits per heavy atom. The average Bonchev–Trinajstić information content (AvgIpc) is 2.76. The molecule has 0 saturated carbocycles. The summed E-state index contributed by atoms with van der Waals surface area (Å²) in [6, 6.07) is 26.1. The van der Waals surface area contributed by atoms with Gasteiger partial charge in [0.2, 0.25) is 5.91 Å². The van der Waals surface area contributed by atoms with Crippen molar-refractivity contribution in [1.82, 2.24) is 4.90 Å². The predicted octanol–water partition coefficient (Wildman–Crippen LogP) is 4.91. The number of anilines is 1. The van der Waals surface area contributed by atoms with Crippen molar-refractivity contribution in [2.75, 3.05) is 25.5 Å². The molecular formula is C26H28N2O2. The highest BCUT2D eigenvalue weighted by Crippen LogP contribution is 2.19. The second kappa shape index (κ2) is 11.0. The van der Waals surface area contributed by atoms with Crippen LogP contribution in [-0.4, -0.2) is 31.0 Å². The number of amides is 1. The maximum atomic E-state index is 12.8. The van der Waals surface area contributed by atoms with Gasteiger partial charge in [-0.3, -0.25) is 9.69 Å². The van der Waals surface area contributed by atoms with E-state index in [-0.39, 0.29) is 12.5 Å². The van der Waals surface area contributed by atoms with Crippen LogP contribution in [0.15, 0.2) is 91.5 Å². The number of rotatable bonds is 10. The van der Waals surface area contributed by atoms with Gasteiger partial charge in [-0.05, 0) is 41.3 Å². The molecule has 154 valence electrons. The number of para-hydroxylation sites is 1. The lowest BCUT2D eigenvalue weighted by atomic mass is 10.0. The van der Waals surface area contributed by atoms with Crippen LogP contribution in [0.3, 0.4) is 0 Å². The Hall–Kier alpha value is -3.37. The molecule has 1 N–H and O–H groups in total. The number of carbonyl (C=O) groups excluding carboxylic acids is 1. The van der Waals surface area contributed by atoms with Gasteiger partial charge >= 0.3 is 0 Å². The highest BCUT2D eigenvalue weighted by atomic mass is 16.5. The van der Waals surface area contributed by atoms with Gasteiger partial charge in [0, 0.05) is 18.8 Å². The number of methoxy groups -OCH3 is 1. The Balaban J connectivity index is 1.64. The van der Waals surface area contributed by atoms with E-state index in [1.54, 1.807) is 7.11 Å². The highest BCUT2D eigenvalue weighted by Gasteiger charge is 2.12. The first-order valence-corrected chi connectivity index (χ1v) is 10.1. The minimum Gasteiger partial charge on any atom is -0.497 e. The zero-order valence-corrected chi connectivity index (χ0v) is 17.4. The molecule has 0 unspecified atom stereocenters. The lowest BCUT2D eigenvalue weighted by Gasteiger charge is -2.21. The molecule has 30 heavy (non-hydrogen) atoms. The van der Waals surface area contributed by atoms with E-state index in [9.17, 15) is 4.79 Å². The fraction of sp³-hybridized carbons (Fsp3) is 0.192. The molecule has 1 amide bonds. The van der Waals surface area contributed by atoms with Crippen LogP contribution >= 0.6 is 0 Å². The smallest absolute Gasteiger partial charge is 0.238 e. The molecule has 3 rings (SSSR count). The Morgan fingerprint density at radius 3 is 2.37 bits per heavy atom. The van der Waals surface area contributed by atoms with E-state index in [2.05, 4.69) is 35.0 Å². The molecule has 0 atom stereocenters. The Morgan fingerprint density at radius 2 is 1.67 bits per heavy atom. The second-order valence-corrected chi connectivity index (χ2v) is 7.17. The van der Waals surface area contributed by atoms with Crippen molar-refractivity contribution in [2.24, 2.45) is 0 Å². The van der Waals surface area contributed by atoms with Crippen LogP contribution in [0.25, 0.3) is 0 Å². The molecule has 0 aliphatic heterocycles. The van der Waals surface area contributed by atoms with Crippen LogP contribution in [-0.2, 0) is 17.8 Å². The summed E-state index contributed by atoms with van der Waals surface area (Å²) in [6.45, 7) is 5.41. The quantitative estimate of drug-likeness (QED) is 0.492. The number of benzene rings is 3. The first kappa shape index (κ1) is 21.3. The SMILES string of the molecule is C=CCN(CC(=O)Nc1ccccc1Cc1ccccc1)Cc1ccc(OC)cc1. The summed E-state index contributed by atoms with van der Waals surface area (Å²) in [7, 11) is 1.65. The first-order valence-electron chi connectivity index (χ1n) is 10.1. The van der Waals surface area contributed by atoms with Crippen LogP contribution in [0.2, 0.25) is 0 Å². The Bertz CT molecular complexity index is 952. The van der Waals surface area contributed by atoms with Gasteiger partial charge in [-0.25, -0.2) is 0 Å². The third-order valence-corrected chi connectivity index (χ3v) is 4.85. The maximum absolute atomic E-state index is 12.8. The lowest BCUT2D eigenvalue weighted by Crippen LogP contribution is -2.33. The van der Waals surface area contributed by atoms with Gasteiger partial charge in [0.05, 0.1) is 13.7 Å². The number of carbonyl (C=O) groups is 1. The molecule has 4 heteroatoms. The van der Waals surface area contributed by atoms with Crippen molar-refractivity contribution in [3.05, 3.63) is 108 Å². The zero-order valence-electron chi connectivity index (χ0n) is 17.4. The van der Waals surface area contributed by atoms with Gasteiger partial charge < -0.3 is 10.1 Å². The molecule has 0 aliphatic carbocycles. The molecule has 0 bridgehead atoms. The second-order valence-electron chi connectivity index (χ2n) is 7.17. The van der Waals surface area contributed by atoms with Crippen molar-refractivity contribution in [3.63, 3.8) is 0 Å². The standard InChI is InChI=1S/C26H28N2O2/c1-3-17-28(19-22-13-15-24(30-2)16-14-22)20-26(29)27-25-12-8-7-11-23(25)18-21-9-5-4-6-10-21/h3-16H,1,17-20H2,2H3,(H,27,29). The van der Waals surface area contributed by atoms with Gasteiger partial charge in [-0.1, -0.05) is 66.7 Å². The van der Waals surface area contributed by atoms with Gasteiger partial charge in [-0.15, -0.1) is 6.58 Å². The van der Waals surface area contributed by atoms with E-state index < -0.39 is 0 Å². The maximum Gasteiger partial charge on any atom is 0.238 e. The summed E-state index contributed by atoms with van der Waals surface area (Å²) in [5.74, 6) is 0.785. The molecule has 0 fully saturated rings. The van der Waals surface area contributed by atoms with E-state index >= 15 is 0 Å². The van der Waals surface area contributed by atoms with Crippen LogP contribution in [0, 0.1) is 0 Å². The molecule has 0 aliphatic rings. The number of ether oxygens (including phenoxy) is 1. The normalized spacial score (nSPS) is 10.6. The van der Waals surface area contributed by atoms with Crippen LogP contribution in [0.1, 0.15) is 16.7 Å². The van der Waals surface area contributed by atoms with Gasteiger partial charge in [0.15, 0.2) is 0 Å². The van der Waals surface area contributed by atoms with Gasteiger partial charge in [0.1, 0.15) is 5.75 Å². The van der Waals surface area contributed by atoms with E-state index in [0.717, 1.165) is 29.0 Å². The van der Waals surface area contributed by atoms with Crippen molar-refractivity contribution in [2.45, 2.75) is 13.0 Å². The van der Waals surface area contributed by atoms with Crippen LogP contribution < -0.4 is 10.1 Å². The van der Waals surface area contributed by atoms with E-state index in [1.165, 1.54) is 5.56 Å².